The van der Waals surface area contributed by atoms with E-state index in [1.54, 1.807) is 23.6 Å². The molecule has 2 N–H and O–H groups in total. The summed E-state index contributed by atoms with van der Waals surface area (Å²) >= 11 is 12.9. The number of carboxylic acids is 1. The molecule has 1 aromatic carbocycles. The van der Waals surface area contributed by atoms with Gasteiger partial charge in [0.2, 0.25) is 5.91 Å². The number of nitrogens with one attached hydrogen (secondary N) is 1. The van der Waals surface area contributed by atoms with Crippen molar-refractivity contribution in [3.05, 3.63) is 56.9 Å². The number of carbonyl (C=O) groups excluding carboxylic acids is 1. The van der Waals surface area contributed by atoms with Crippen LogP contribution in [-0.4, -0.2) is 17.0 Å². The maximum absolute atomic E-state index is 11.8. The molecule has 1 heterocycles. The van der Waals surface area contributed by atoms with Crippen LogP contribution in [0.15, 0.2) is 35.7 Å². The highest BCUT2D eigenvalue weighted by atomic mass is 35.5. The van der Waals surface area contributed by atoms with Crippen molar-refractivity contribution in [2.45, 2.75) is 0 Å². The quantitative estimate of drug-likeness (QED) is 0.809. The lowest BCUT2D eigenvalue weighted by atomic mass is 10.2. The summed E-state index contributed by atoms with van der Waals surface area (Å²) in [6.07, 6.45) is 2.81. The molecule has 1 aromatic heterocycles. The van der Waals surface area contributed by atoms with E-state index in [1.165, 1.54) is 18.2 Å². The number of hydrogen-bond acceptors (Lipinski definition) is 3. The molecule has 4 nitrogen and oxygen atoms in total. The molecule has 0 aliphatic carbocycles. The van der Waals surface area contributed by atoms with Crippen molar-refractivity contribution in [3.63, 3.8) is 0 Å². The van der Waals surface area contributed by atoms with Crippen LogP contribution in [0.25, 0.3) is 6.08 Å². The van der Waals surface area contributed by atoms with Gasteiger partial charge >= 0.3 is 5.97 Å². The van der Waals surface area contributed by atoms with Gasteiger partial charge in [0.05, 0.1) is 5.56 Å². The minimum atomic E-state index is -1.09. The second-order valence-electron chi connectivity index (χ2n) is 3.96. The number of amides is 1. The van der Waals surface area contributed by atoms with Gasteiger partial charge in [0, 0.05) is 16.1 Å². The number of carboxylic acid groups (broad SMARTS) is 1. The molecular formula is C14H9Cl2NO3S. The molecule has 0 atom stereocenters. The summed E-state index contributed by atoms with van der Waals surface area (Å²) in [7, 11) is 0. The Hall–Kier alpha value is -1.82. The average molecular weight is 342 g/mol. The first kappa shape index (κ1) is 15.6. The Kier molecular flexibility index (Phi) is 5.01. The highest BCUT2D eigenvalue weighted by Crippen LogP contribution is 2.24. The lowest BCUT2D eigenvalue weighted by Crippen LogP contribution is -2.09. The first-order valence-electron chi connectivity index (χ1n) is 5.72. The Bertz CT molecular complexity index is 725. The first-order valence-corrected chi connectivity index (χ1v) is 7.36. The van der Waals surface area contributed by atoms with E-state index in [-0.39, 0.29) is 5.56 Å². The van der Waals surface area contributed by atoms with Crippen LogP contribution in [0.5, 0.6) is 0 Å². The molecule has 2 aromatic rings. The summed E-state index contributed by atoms with van der Waals surface area (Å²) in [5.41, 5.74) is 0.701. The molecular weight excluding hydrogens is 333 g/mol. The van der Waals surface area contributed by atoms with Gasteiger partial charge in [-0.1, -0.05) is 29.3 Å². The maximum Gasteiger partial charge on any atom is 0.338 e. The van der Waals surface area contributed by atoms with Crippen LogP contribution in [0.2, 0.25) is 10.0 Å². The van der Waals surface area contributed by atoms with Gasteiger partial charge in [0.25, 0.3) is 0 Å². The summed E-state index contributed by atoms with van der Waals surface area (Å²) in [6.45, 7) is 0. The maximum atomic E-state index is 11.8. The van der Waals surface area contributed by atoms with Crippen molar-refractivity contribution >= 4 is 57.5 Å². The normalized spacial score (nSPS) is 10.8. The Labute approximate surface area is 134 Å². The van der Waals surface area contributed by atoms with Crippen LogP contribution in [-0.2, 0) is 4.79 Å². The van der Waals surface area contributed by atoms with Crippen molar-refractivity contribution in [2.24, 2.45) is 0 Å². The van der Waals surface area contributed by atoms with Crippen LogP contribution < -0.4 is 5.32 Å². The predicted molar refractivity (Wildman–Crippen MR) is 85.4 cm³/mol. The van der Waals surface area contributed by atoms with Gasteiger partial charge < -0.3 is 10.4 Å². The second-order valence-corrected chi connectivity index (χ2v) is 5.72. The third kappa shape index (κ3) is 4.07. The van der Waals surface area contributed by atoms with E-state index in [1.807, 2.05) is 0 Å². The molecule has 1 amide bonds. The molecule has 7 heteroatoms. The van der Waals surface area contributed by atoms with Crippen LogP contribution in [0, 0.1) is 0 Å². The molecule has 0 spiro atoms. The van der Waals surface area contributed by atoms with Gasteiger partial charge in [0.1, 0.15) is 5.00 Å². The Morgan fingerprint density at radius 3 is 2.67 bits per heavy atom. The molecule has 0 unspecified atom stereocenters. The number of halogens is 2. The summed E-state index contributed by atoms with van der Waals surface area (Å²) in [4.78, 5) is 22.7. The van der Waals surface area contributed by atoms with Crippen molar-refractivity contribution in [3.8, 4) is 0 Å². The zero-order chi connectivity index (χ0) is 15.4. The standard InChI is InChI=1S/C14H9Cl2NO3S/c15-9-3-1-8(11(16)7-9)2-4-12(18)17-13-10(14(19)20)5-6-21-13/h1-7H,(H,17,18)(H,19,20)/b4-2+. The topological polar surface area (TPSA) is 66.4 Å². The first-order chi connectivity index (χ1) is 9.97. The summed E-state index contributed by atoms with van der Waals surface area (Å²) in [5.74, 6) is -1.53. The molecule has 0 bridgehead atoms. The molecule has 0 saturated heterocycles. The number of carbonyl (C=O) groups is 2. The van der Waals surface area contributed by atoms with Gasteiger partial charge in [0.15, 0.2) is 0 Å². The van der Waals surface area contributed by atoms with Crippen LogP contribution in [0.1, 0.15) is 15.9 Å². The number of anilines is 1. The molecule has 0 radical (unpaired) electrons. The van der Waals surface area contributed by atoms with Crippen molar-refractivity contribution < 1.29 is 14.7 Å². The Morgan fingerprint density at radius 1 is 1.24 bits per heavy atom. The lowest BCUT2D eigenvalue weighted by molar-refractivity contribution is -0.111. The highest BCUT2D eigenvalue weighted by molar-refractivity contribution is 7.14. The predicted octanol–water partition coefficient (Wildman–Crippen LogP) is 4.41. The van der Waals surface area contributed by atoms with Crippen molar-refractivity contribution in [1.29, 1.82) is 0 Å². The van der Waals surface area contributed by atoms with Crippen LogP contribution in [0.4, 0.5) is 5.00 Å². The monoisotopic (exact) mass is 341 g/mol. The summed E-state index contributed by atoms with van der Waals surface area (Å²) < 4.78 is 0. The minimum Gasteiger partial charge on any atom is -0.478 e. The van der Waals surface area contributed by atoms with Gasteiger partial charge in [-0.15, -0.1) is 11.3 Å². The fourth-order valence-corrected chi connectivity index (χ4v) is 2.78. The number of benzene rings is 1. The number of thiophene rings is 1. The number of hydrogen-bond donors (Lipinski definition) is 2. The van der Waals surface area contributed by atoms with Gasteiger partial charge in [-0.05, 0) is 35.2 Å². The summed E-state index contributed by atoms with van der Waals surface area (Å²) in [5, 5.41) is 14.3. The molecule has 108 valence electrons. The van der Waals surface area contributed by atoms with E-state index in [9.17, 15) is 9.59 Å². The van der Waals surface area contributed by atoms with E-state index in [4.69, 9.17) is 28.3 Å². The van der Waals surface area contributed by atoms with Crippen molar-refractivity contribution in [1.82, 2.24) is 0 Å². The van der Waals surface area contributed by atoms with E-state index in [0.29, 0.717) is 20.6 Å². The van der Waals surface area contributed by atoms with Crippen LogP contribution in [0.3, 0.4) is 0 Å². The van der Waals surface area contributed by atoms with Crippen molar-refractivity contribution in [2.75, 3.05) is 5.32 Å². The van der Waals surface area contributed by atoms with Crippen LogP contribution >= 0.6 is 34.5 Å². The molecule has 2 rings (SSSR count). The highest BCUT2D eigenvalue weighted by Gasteiger charge is 2.12. The molecule has 0 saturated carbocycles. The fourth-order valence-electron chi connectivity index (χ4n) is 1.53. The minimum absolute atomic E-state index is 0.0614. The fraction of sp³-hybridized carbons (Fsp3) is 0. The van der Waals surface area contributed by atoms with Gasteiger partial charge in [-0.2, -0.15) is 0 Å². The molecule has 0 fully saturated rings. The second kappa shape index (κ2) is 6.76. The Morgan fingerprint density at radius 2 is 2.00 bits per heavy atom. The van der Waals surface area contributed by atoms with E-state index >= 15 is 0 Å². The smallest absolute Gasteiger partial charge is 0.338 e. The molecule has 0 aliphatic rings. The zero-order valence-electron chi connectivity index (χ0n) is 10.5. The summed E-state index contributed by atoms with van der Waals surface area (Å²) in [6, 6.07) is 6.35. The average Bonchev–Trinajstić information content (AvgIpc) is 2.86. The molecule has 21 heavy (non-hydrogen) atoms. The number of rotatable bonds is 4. The van der Waals surface area contributed by atoms with Gasteiger partial charge in [-0.25, -0.2) is 4.79 Å². The SMILES string of the molecule is O=C(/C=C/c1ccc(Cl)cc1Cl)Nc1sccc1C(=O)O. The van der Waals surface area contributed by atoms with E-state index in [2.05, 4.69) is 5.32 Å². The Balaban J connectivity index is 2.09. The third-order valence-corrected chi connectivity index (χ3v) is 3.90. The van der Waals surface area contributed by atoms with E-state index in [0.717, 1.165) is 11.3 Å². The van der Waals surface area contributed by atoms with Gasteiger partial charge in [-0.3, -0.25) is 4.79 Å². The lowest BCUT2D eigenvalue weighted by Gasteiger charge is -2.01. The zero-order valence-corrected chi connectivity index (χ0v) is 12.8. The third-order valence-electron chi connectivity index (χ3n) is 2.51. The molecule has 0 aliphatic heterocycles. The largest absolute Gasteiger partial charge is 0.478 e. The number of aromatic carboxylic acids is 1. The van der Waals surface area contributed by atoms with E-state index < -0.39 is 11.9 Å².